The molecule has 7 heteroatoms. The second-order valence-electron chi connectivity index (χ2n) is 8.51. The molecule has 7 nitrogen and oxygen atoms in total. The number of methoxy groups -OCH3 is 1. The molecule has 1 amide bonds. The molecule has 1 unspecified atom stereocenters. The average Bonchev–Trinajstić information content (AvgIpc) is 3.21. The van der Waals surface area contributed by atoms with Crippen molar-refractivity contribution in [2.75, 3.05) is 46.6 Å². The van der Waals surface area contributed by atoms with Gasteiger partial charge in [0, 0.05) is 38.9 Å². The van der Waals surface area contributed by atoms with Crippen molar-refractivity contribution in [1.82, 2.24) is 15.2 Å². The molecule has 1 saturated heterocycles. The van der Waals surface area contributed by atoms with Crippen LogP contribution >= 0.6 is 0 Å². The van der Waals surface area contributed by atoms with Crippen LogP contribution in [0, 0.1) is 0 Å². The third-order valence-corrected chi connectivity index (χ3v) is 6.49. The van der Waals surface area contributed by atoms with Crippen molar-refractivity contribution in [2.45, 2.75) is 12.0 Å². The van der Waals surface area contributed by atoms with Gasteiger partial charge in [0.25, 0.3) is 0 Å². The zero-order valence-electron chi connectivity index (χ0n) is 19.3. The molecule has 0 spiro atoms. The number of hydrogen-bond acceptors (Lipinski definition) is 6. The summed E-state index contributed by atoms with van der Waals surface area (Å²) in [5, 5.41) is 3.38. The molecule has 1 aromatic heterocycles. The number of aromatic nitrogens is 1. The Morgan fingerprint density at radius 2 is 1.79 bits per heavy atom. The molecule has 1 aliphatic heterocycles. The quantitative estimate of drug-likeness (QED) is 0.539. The smallest absolute Gasteiger partial charge is 0.410 e. The van der Waals surface area contributed by atoms with E-state index in [-0.39, 0.29) is 18.1 Å². The lowest BCUT2D eigenvalue weighted by atomic mass is 9.98. The van der Waals surface area contributed by atoms with E-state index in [2.05, 4.69) is 46.7 Å². The molecule has 176 valence electrons. The van der Waals surface area contributed by atoms with Gasteiger partial charge in [0.15, 0.2) is 0 Å². The predicted octanol–water partition coefficient (Wildman–Crippen LogP) is 4.00. The van der Waals surface area contributed by atoms with Crippen LogP contribution in [0.25, 0.3) is 11.1 Å². The van der Waals surface area contributed by atoms with E-state index < -0.39 is 0 Å². The summed E-state index contributed by atoms with van der Waals surface area (Å²) in [7, 11) is 1.64. The summed E-state index contributed by atoms with van der Waals surface area (Å²) >= 11 is 0. The Labute approximate surface area is 199 Å². The van der Waals surface area contributed by atoms with Crippen LogP contribution in [0.5, 0.6) is 5.75 Å². The highest BCUT2D eigenvalue weighted by Crippen LogP contribution is 2.44. The molecule has 0 radical (unpaired) electrons. The molecule has 1 atom stereocenters. The molecular weight excluding hydrogens is 430 g/mol. The standard InChI is InChI=1S/C27H29N3O4/c1-32-12-13-33-20-14-19(15-29-16-20)26-17-28-10-11-30(26)27(31)34-18-25-23-8-4-2-6-21(23)22-7-3-5-9-24(22)25/h2-9,14-16,25-26,28H,10-13,17-18H2,1H3. The van der Waals surface area contributed by atoms with Crippen LogP contribution in [0.15, 0.2) is 67.0 Å². The van der Waals surface area contributed by atoms with Crippen LogP contribution in [-0.4, -0.2) is 62.5 Å². The fourth-order valence-corrected chi connectivity index (χ4v) is 4.84. The fraction of sp³-hybridized carbons (Fsp3) is 0.333. The number of hydrogen-bond donors (Lipinski definition) is 1. The van der Waals surface area contributed by atoms with Crippen molar-refractivity contribution in [3.05, 3.63) is 83.7 Å². The molecular formula is C27H29N3O4. The normalized spacial score (nSPS) is 17.2. The van der Waals surface area contributed by atoms with Crippen LogP contribution in [0.3, 0.4) is 0 Å². The first-order valence-electron chi connectivity index (χ1n) is 11.7. The van der Waals surface area contributed by atoms with E-state index in [1.807, 2.05) is 18.2 Å². The minimum Gasteiger partial charge on any atom is -0.490 e. The van der Waals surface area contributed by atoms with E-state index in [1.54, 1.807) is 24.4 Å². The Kier molecular flexibility index (Phi) is 6.74. The number of fused-ring (bicyclic) bond motifs is 3. The lowest BCUT2D eigenvalue weighted by molar-refractivity contribution is 0.0750. The summed E-state index contributed by atoms with van der Waals surface area (Å²) in [4.78, 5) is 19.4. The predicted molar refractivity (Wildman–Crippen MR) is 129 cm³/mol. The monoisotopic (exact) mass is 459 g/mol. The molecule has 5 rings (SSSR count). The first kappa shape index (κ1) is 22.4. The number of amides is 1. The largest absolute Gasteiger partial charge is 0.490 e. The van der Waals surface area contributed by atoms with E-state index in [0.717, 1.165) is 12.1 Å². The molecule has 0 saturated carbocycles. The Morgan fingerprint density at radius 1 is 1.06 bits per heavy atom. The van der Waals surface area contributed by atoms with Gasteiger partial charge in [-0.1, -0.05) is 48.5 Å². The van der Waals surface area contributed by atoms with Crippen molar-refractivity contribution in [1.29, 1.82) is 0 Å². The second-order valence-corrected chi connectivity index (χ2v) is 8.51. The van der Waals surface area contributed by atoms with Gasteiger partial charge in [-0.15, -0.1) is 0 Å². The topological polar surface area (TPSA) is 72.9 Å². The lowest BCUT2D eigenvalue weighted by Gasteiger charge is -2.35. The SMILES string of the molecule is COCCOc1cncc(C2CNCCN2C(=O)OCC2c3ccccc3-c3ccccc32)c1. The summed E-state index contributed by atoms with van der Waals surface area (Å²) < 4.78 is 16.7. The fourth-order valence-electron chi connectivity index (χ4n) is 4.84. The number of rotatable bonds is 7. The number of benzene rings is 2. The first-order valence-corrected chi connectivity index (χ1v) is 11.7. The molecule has 2 aromatic carbocycles. The minimum atomic E-state index is -0.306. The van der Waals surface area contributed by atoms with E-state index in [9.17, 15) is 4.79 Å². The Bertz CT molecular complexity index is 1110. The summed E-state index contributed by atoms with van der Waals surface area (Å²) in [6.45, 7) is 3.17. The third kappa shape index (κ3) is 4.49. The molecule has 3 aromatic rings. The highest BCUT2D eigenvalue weighted by molar-refractivity contribution is 5.79. The first-order chi connectivity index (χ1) is 16.8. The van der Waals surface area contributed by atoms with Crippen LogP contribution in [0.2, 0.25) is 0 Å². The Morgan fingerprint density at radius 3 is 2.53 bits per heavy atom. The number of pyridine rings is 1. The summed E-state index contributed by atoms with van der Waals surface area (Å²) in [6, 6.07) is 18.5. The van der Waals surface area contributed by atoms with Gasteiger partial charge in [0.2, 0.25) is 0 Å². The van der Waals surface area contributed by atoms with E-state index in [0.29, 0.717) is 38.7 Å². The van der Waals surface area contributed by atoms with Gasteiger partial charge in [-0.05, 0) is 33.9 Å². The molecule has 1 fully saturated rings. The lowest BCUT2D eigenvalue weighted by Crippen LogP contribution is -2.49. The van der Waals surface area contributed by atoms with Crippen molar-refractivity contribution in [3.63, 3.8) is 0 Å². The molecule has 1 N–H and O–H groups in total. The summed E-state index contributed by atoms with van der Waals surface area (Å²) in [5.74, 6) is 0.699. The summed E-state index contributed by atoms with van der Waals surface area (Å²) in [6.07, 6.45) is 3.15. The van der Waals surface area contributed by atoms with Crippen LogP contribution in [-0.2, 0) is 9.47 Å². The molecule has 2 heterocycles. The maximum atomic E-state index is 13.3. The highest BCUT2D eigenvalue weighted by atomic mass is 16.6. The number of ether oxygens (including phenoxy) is 3. The summed E-state index contributed by atoms with van der Waals surface area (Å²) in [5.41, 5.74) is 5.76. The molecule has 34 heavy (non-hydrogen) atoms. The maximum Gasteiger partial charge on any atom is 0.410 e. The average molecular weight is 460 g/mol. The zero-order chi connectivity index (χ0) is 23.3. The van der Waals surface area contributed by atoms with E-state index in [1.165, 1.54) is 22.3 Å². The number of nitrogens with zero attached hydrogens (tertiary/aromatic N) is 2. The van der Waals surface area contributed by atoms with Crippen LogP contribution in [0.1, 0.15) is 28.7 Å². The van der Waals surface area contributed by atoms with Crippen molar-refractivity contribution in [3.8, 4) is 16.9 Å². The van der Waals surface area contributed by atoms with E-state index in [4.69, 9.17) is 14.2 Å². The van der Waals surface area contributed by atoms with Crippen LogP contribution in [0.4, 0.5) is 4.79 Å². The van der Waals surface area contributed by atoms with Gasteiger partial charge in [0.05, 0.1) is 18.8 Å². The Balaban J connectivity index is 1.30. The van der Waals surface area contributed by atoms with Gasteiger partial charge >= 0.3 is 6.09 Å². The molecule has 0 bridgehead atoms. The minimum absolute atomic E-state index is 0.0388. The van der Waals surface area contributed by atoms with Crippen molar-refractivity contribution in [2.24, 2.45) is 0 Å². The van der Waals surface area contributed by atoms with Gasteiger partial charge in [0.1, 0.15) is 19.0 Å². The molecule has 1 aliphatic carbocycles. The number of carbonyl (C=O) groups is 1. The van der Waals surface area contributed by atoms with E-state index >= 15 is 0 Å². The van der Waals surface area contributed by atoms with Gasteiger partial charge in [-0.3, -0.25) is 9.88 Å². The van der Waals surface area contributed by atoms with Gasteiger partial charge in [-0.2, -0.15) is 0 Å². The second kappa shape index (κ2) is 10.2. The number of nitrogens with one attached hydrogen (secondary N) is 1. The zero-order valence-corrected chi connectivity index (χ0v) is 19.3. The van der Waals surface area contributed by atoms with Crippen molar-refractivity contribution >= 4 is 6.09 Å². The highest BCUT2D eigenvalue weighted by Gasteiger charge is 2.33. The Hall–Kier alpha value is -3.42. The van der Waals surface area contributed by atoms with Gasteiger partial charge in [-0.25, -0.2) is 4.79 Å². The third-order valence-electron chi connectivity index (χ3n) is 6.49. The van der Waals surface area contributed by atoms with Crippen LogP contribution < -0.4 is 10.1 Å². The van der Waals surface area contributed by atoms with Gasteiger partial charge < -0.3 is 19.5 Å². The molecule has 2 aliphatic rings. The maximum absolute atomic E-state index is 13.3. The number of carbonyl (C=O) groups excluding carboxylic acids is 1. The number of piperazine rings is 1. The van der Waals surface area contributed by atoms with Crippen molar-refractivity contribution < 1.29 is 19.0 Å².